The average molecular weight is 298 g/mol. The highest BCUT2D eigenvalue weighted by molar-refractivity contribution is 7.87. The van der Waals surface area contributed by atoms with Crippen molar-refractivity contribution in [2.75, 3.05) is 6.54 Å². The highest BCUT2D eigenvalue weighted by atomic mass is 32.2. The van der Waals surface area contributed by atoms with Crippen LogP contribution >= 0.6 is 0 Å². The van der Waals surface area contributed by atoms with E-state index >= 15 is 0 Å². The molecule has 2 atom stereocenters. The Balaban J connectivity index is 1.77. The molecule has 1 aliphatic heterocycles. The molecule has 0 aromatic carbocycles. The maximum Gasteiger partial charge on any atom is 0.280 e. The van der Waals surface area contributed by atoms with Crippen molar-refractivity contribution in [1.29, 1.82) is 0 Å². The molecule has 2 heterocycles. The second-order valence-corrected chi connectivity index (χ2v) is 7.48. The van der Waals surface area contributed by atoms with Gasteiger partial charge in [0.1, 0.15) is 5.76 Å². The molecular formula is C14H22N2O3S. The number of fused-ring (bicyclic) bond motifs is 1. The molecule has 2 aliphatic rings. The van der Waals surface area contributed by atoms with E-state index < -0.39 is 10.2 Å². The molecule has 1 aliphatic carbocycles. The highest BCUT2D eigenvalue weighted by Crippen LogP contribution is 2.31. The number of hydrogen-bond acceptors (Lipinski definition) is 3. The number of rotatable bonds is 3. The molecule has 1 aromatic heterocycles. The van der Waals surface area contributed by atoms with Gasteiger partial charge in [-0.15, -0.1) is 0 Å². The zero-order valence-electron chi connectivity index (χ0n) is 11.8. The number of hydrogen-bond donors (Lipinski definition) is 1. The Hall–Kier alpha value is -0.850. The fraction of sp³-hybridized carbons (Fsp3) is 0.714. The molecule has 6 heteroatoms. The standard InChI is InChI=1S/C14H22N2O3S/c1-11-5-2-3-9-16(11)20(17,18)15-13-6-4-7-14-12(13)8-10-19-14/h8,10-11,13,15H,2-7,9H2,1H3. The molecule has 1 aromatic rings. The zero-order valence-corrected chi connectivity index (χ0v) is 12.7. The second kappa shape index (κ2) is 5.50. The van der Waals surface area contributed by atoms with Crippen LogP contribution < -0.4 is 4.72 Å². The van der Waals surface area contributed by atoms with Crippen LogP contribution in [0.25, 0.3) is 0 Å². The first kappa shape index (κ1) is 14.1. The van der Waals surface area contributed by atoms with Crippen LogP contribution in [0, 0.1) is 0 Å². The Morgan fingerprint density at radius 3 is 2.95 bits per heavy atom. The summed E-state index contributed by atoms with van der Waals surface area (Å²) in [7, 11) is -3.41. The van der Waals surface area contributed by atoms with E-state index in [0.29, 0.717) is 6.54 Å². The molecule has 1 N–H and O–H groups in total. The van der Waals surface area contributed by atoms with Gasteiger partial charge < -0.3 is 4.42 Å². The van der Waals surface area contributed by atoms with E-state index in [4.69, 9.17) is 4.42 Å². The van der Waals surface area contributed by atoms with Gasteiger partial charge in [-0.25, -0.2) is 0 Å². The van der Waals surface area contributed by atoms with Gasteiger partial charge in [0.25, 0.3) is 10.2 Å². The Labute approximate surface area is 120 Å². The third-order valence-electron chi connectivity index (χ3n) is 4.39. The van der Waals surface area contributed by atoms with Gasteiger partial charge in [0.05, 0.1) is 12.3 Å². The summed E-state index contributed by atoms with van der Waals surface area (Å²) in [5.41, 5.74) is 1.00. The SMILES string of the molecule is CC1CCCCN1S(=O)(=O)NC1CCCc2occc21. The van der Waals surface area contributed by atoms with Gasteiger partial charge in [0, 0.05) is 24.6 Å². The fourth-order valence-corrected chi connectivity index (χ4v) is 4.97. The minimum Gasteiger partial charge on any atom is -0.469 e. The minimum absolute atomic E-state index is 0.0914. The van der Waals surface area contributed by atoms with Gasteiger partial charge in [-0.05, 0) is 38.7 Å². The predicted molar refractivity (Wildman–Crippen MR) is 76.5 cm³/mol. The van der Waals surface area contributed by atoms with Crippen molar-refractivity contribution in [1.82, 2.24) is 9.03 Å². The van der Waals surface area contributed by atoms with Crippen LogP contribution in [0.1, 0.15) is 56.4 Å². The minimum atomic E-state index is -3.41. The Kier molecular flexibility index (Phi) is 3.88. The van der Waals surface area contributed by atoms with Gasteiger partial charge in [-0.3, -0.25) is 0 Å². The Morgan fingerprint density at radius 2 is 2.15 bits per heavy atom. The lowest BCUT2D eigenvalue weighted by Gasteiger charge is -2.34. The van der Waals surface area contributed by atoms with Crippen LogP contribution in [-0.4, -0.2) is 25.3 Å². The summed E-state index contributed by atoms with van der Waals surface area (Å²) < 4.78 is 35.1. The molecule has 0 spiro atoms. The van der Waals surface area contributed by atoms with Crippen molar-refractivity contribution in [2.45, 2.75) is 57.5 Å². The quantitative estimate of drug-likeness (QED) is 0.932. The van der Waals surface area contributed by atoms with E-state index in [9.17, 15) is 8.42 Å². The molecule has 1 fully saturated rings. The largest absolute Gasteiger partial charge is 0.469 e. The summed E-state index contributed by atoms with van der Waals surface area (Å²) in [6.07, 6.45) is 7.37. The van der Waals surface area contributed by atoms with E-state index in [1.165, 1.54) is 0 Å². The van der Waals surface area contributed by atoms with Crippen LogP contribution in [0.3, 0.4) is 0 Å². The molecule has 0 radical (unpaired) electrons. The van der Waals surface area contributed by atoms with Crippen molar-refractivity contribution >= 4 is 10.2 Å². The topological polar surface area (TPSA) is 62.6 Å². The first-order chi connectivity index (χ1) is 9.58. The highest BCUT2D eigenvalue weighted by Gasteiger charge is 2.33. The van der Waals surface area contributed by atoms with E-state index in [-0.39, 0.29) is 12.1 Å². The number of nitrogens with zero attached hydrogens (tertiary/aromatic N) is 1. The van der Waals surface area contributed by atoms with Gasteiger partial charge in [-0.2, -0.15) is 17.4 Å². The van der Waals surface area contributed by atoms with Crippen LogP contribution in [0.5, 0.6) is 0 Å². The van der Waals surface area contributed by atoms with Crippen LogP contribution in [0.4, 0.5) is 0 Å². The number of aryl methyl sites for hydroxylation is 1. The maximum atomic E-state index is 12.6. The summed E-state index contributed by atoms with van der Waals surface area (Å²) in [5, 5.41) is 0. The van der Waals surface area contributed by atoms with Crippen LogP contribution in [0.2, 0.25) is 0 Å². The lowest BCUT2D eigenvalue weighted by molar-refractivity contribution is 0.262. The summed E-state index contributed by atoms with van der Waals surface area (Å²) in [5.74, 6) is 0.927. The normalized spacial score (nSPS) is 28.2. The fourth-order valence-electron chi connectivity index (χ4n) is 3.29. The molecule has 3 rings (SSSR count). The zero-order chi connectivity index (χ0) is 14.2. The van der Waals surface area contributed by atoms with E-state index in [0.717, 1.165) is 49.8 Å². The molecule has 0 amide bonds. The van der Waals surface area contributed by atoms with Crippen LogP contribution in [0.15, 0.2) is 16.7 Å². The van der Waals surface area contributed by atoms with Crippen molar-refractivity contribution in [3.05, 3.63) is 23.7 Å². The Morgan fingerprint density at radius 1 is 1.30 bits per heavy atom. The van der Waals surface area contributed by atoms with Gasteiger partial charge in [-0.1, -0.05) is 6.42 Å². The lowest BCUT2D eigenvalue weighted by Crippen LogP contribution is -2.49. The van der Waals surface area contributed by atoms with Gasteiger partial charge in [0.15, 0.2) is 0 Å². The lowest BCUT2D eigenvalue weighted by atomic mass is 9.94. The first-order valence-electron chi connectivity index (χ1n) is 7.43. The number of nitrogens with one attached hydrogen (secondary N) is 1. The number of piperidine rings is 1. The second-order valence-electron chi connectivity index (χ2n) is 5.82. The summed E-state index contributed by atoms with van der Waals surface area (Å²) in [6.45, 7) is 2.62. The summed E-state index contributed by atoms with van der Waals surface area (Å²) in [6, 6.07) is 1.84. The third kappa shape index (κ3) is 2.64. The van der Waals surface area contributed by atoms with Crippen LogP contribution in [-0.2, 0) is 16.6 Å². The van der Waals surface area contributed by atoms with E-state index in [1.807, 2.05) is 13.0 Å². The molecule has 0 saturated carbocycles. The molecule has 5 nitrogen and oxygen atoms in total. The van der Waals surface area contributed by atoms with E-state index in [1.54, 1.807) is 10.6 Å². The molecular weight excluding hydrogens is 276 g/mol. The van der Waals surface area contributed by atoms with Gasteiger partial charge in [0.2, 0.25) is 0 Å². The Bertz CT molecular complexity index is 567. The van der Waals surface area contributed by atoms with Crippen molar-refractivity contribution in [3.8, 4) is 0 Å². The smallest absolute Gasteiger partial charge is 0.280 e. The monoisotopic (exact) mass is 298 g/mol. The molecule has 112 valence electrons. The third-order valence-corrected chi connectivity index (χ3v) is 6.14. The van der Waals surface area contributed by atoms with Crippen molar-refractivity contribution in [3.63, 3.8) is 0 Å². The van der Waals surface area contributed by atoms with Crippen molar-refractivity contribution in [2.24, 2.45) is 0 Å². The maximum absolute atomic E-state index is 12.6. The van der Waals surface area contributed by atoms with E-state index in [2.05, 4.69) is 4.72 Å². The molecule has 2 unspecified atom stereocenters. The summed E-state index contributed by atoms with van der Waals surface area (Å²) >= 11 is 0. The number of furan rings is 1. The molecule has 20 heavy (non-hydrogen) atoms. The van der Waals surface area contributed by atoms with Crippen molar-refractivity contribution < 1.29 is 12.8 Å². The van der Waals surface area contributed by atoms with Gasteiger partial charge >= 0.3 is 0 Å². The molecule has 1 saturated heterocycles. The predicted octanol–water partition coefficient (Wildman–Crippen LogP) is 2.37. The summed E-state index contributed by atoms with van der Waals surface area (Å²) in [4.78, 5) is 0. The first-order valence-corrected chi connectivity index (χ1v) is 8.87. The molecule has 0 bridgehead atoms. The average Bonchev–Trinajstić information content (AvgIpc) is 2.88.